The largest absolute Gasteiger partial charge is 0.240 e. The second-order valence-corrected chi connectivity index (χ2v) is 9.04. The van der Waals surface area contributed by atoms with E-state index in [0.29, 0.717) is 11.4 Å². The molecule has 0 aromatic heterocycles. The summed E-state index contributed by atoms with van der Waals surface area (Å²) in [6.45, 7) is 2.26. The smallest absolute Gasteiger partial charge is 0.210 e. The van der Waals surface area contributed by atoms with E-state index in [1.54, 1.807) is 23.9 Å². The number of sulfonamides is 1. The minimum Gasteiger partial charge on any atom is -0.210 e. The lowest BCUT2D eigenvalue weighted by molar-refractivity contribution is 0.581. The van der Waals surface area contributed by atoms with Crippen molar-refractivity contribution in [3.8, 4) is 0 Å². The number of nitrogens with one attached hydrogen (secondary N) is 1. The van der Waals surface area contributed by atoms with Gasteiger partial charge in [-0.3, -0.25) is 0 Å². The van der Waals surface area contributed by atoms with E-state index in [9.17, 15) is 8.42 Å². The standard InChI is InChI=1S/C21H21NO2S2/c1-17-12-14-20(15-13-17)26(23,24)22-16-21(18-8-4-2-5-9-18)25-19-10-6-3-7-11-19/h2-15,21-22H,16H2,1H3/t21-/m0/s1. The van der Waals surface area contributed by atoms with Gasteiger partial charge in [0.1, 0.15) is 0 Å². The summed E-state index contributed by atoms with van der Waals surface area (Å²) in [6, 6.07) is 26.9. The van der Waals surface area contributed by atoms with Crippen LogP contribution in [0, 0.1) is 6.92 Å². The van der Waals surface area contributed by atoms with Gasteiger partial charge in [0.25, 0.3) is 0 Å². The summed E-state index contributed by atoms with van der Waals surface area (Å²) < 4.78 is 28.0. The molecule has 26 heavy (non-hydrogen) atoms. The minimum absolute atomic E-state index is 0.0150. The van der Waals surface area contributed by atoms with E-state index >= 15 is 0 Å². The minimum atomic E-state index is -3.54. The summed E-state index contributed by atoms with van der Waals surface area (Å²) in [5.74, 6) is 0. The first-order chi connectivity index (χ1) is 12.5. The maximum absolute atomic E-state index is 12.6. The fourth-order valence-corrected chi connectivity index (χ4v) is 4.80. The maximum Gasteiger partial charge on any atom is 0.240 e. The molecule has 3 aromatic carbocycles. The molecule has 3 aromatic rings. The predicted octanol–water partition coefficient (Wildman–Crippen LogP) is 4.81. The van der Waals surface area contributed by atoms with Gasteiger partial charge in [0, 0.05) is 16.7 Å². The van der Waals surface area contributed by atoms with E-state index in [2.05, 4.69) is 4.72 Å². The third kappa shape index (κ3) is 4.97. The third-order valence-electron chi connectivity index (χ3n) is 3.98. The zero-order chi connectivity index (χ0) is 18.4. The lowest BCUT2D eigenvalue weighted by Gasteiger charge is -2.18. The van der Waals surface area contributed by atoms with Gasteiger partial charge in [-0.05, 0) is 36.8 Å². The molecular weight excluding hydrogens is 362 g/mol. The lowest BCUT2D eigenvalue weighted by atomic mass is 10.1. The van der Waals surface area contributed by atoms with Crippen LogP contribution < -0.4 is 4.72 Å². The van der Waals surface area contributed by atoms with Crippen LogP contribution in [0.1, 0.15) is 16.4 Å². The number of aryl methyl sites for hydroxylation is 1. The fraction of sp³-hybridized carbons (Fsp3) is 0.143. The molecule has 0 aliphatic rings. The second kappa shape index (κ2) is 8.54. The Morgan fingerprint density at radius 2 is 1.42 bits per heavy atom. The van der Waals surface area contributed by atoms with E-state index in [-0.39, 0.29) is 5.25 Å². The van der Waals surface area contributed by atoms with Gasteiger partial charge in [-0.2, -0.15) is 0 Å². The molecule has 0 spiro atoms. The number of hydrogen-bond donors (Lipinski definition) is 1. The molecule has 0 amide bonds. The number of thioether (sulfide) groups is 1. The molecule has 3 nitrogen and oxygen atoms in total. The predicted molar refractivity (Wildman–Crippen MR) is 108 cm³/mol. The van der Waals surface area contributed by atoms with Gasteiger partial charge < -0.3 is 0 Å². The Kier molecular flexibility index (Phi) is 6.14. The van der Waals surface area contributed by atoms with Crippen molar-refractivity contribution >= 4 is 21.8 Å². The molecule has 0 heterocycles. The van der Waals surface area contributed by atoms with E-state index < -0.39 is 10.0 Å². The van der Waals surface area contributed by atoms with Gasteiger partial charge >= 0.3 is 0 Å². The quantitative estimate of drug-likeness (QED) is 0.596. The Bertz CT molecular complexity index is 925. The van der Waals surface area contributed by atoms with Crippen LogP contribution in [0.2, 0.25) is 0 Å². The molecule has 0 unspecified atom stereocenters. The summed E-state index contributed by atoms with van der Waals surface area (Å²) in [7, 11) is -3.54. The second-order valence-electron chi connectivity index (χ2n) is 6.00. The van der Waals surface area contributed by atoms with Crippen molar-refractivity contribution < 1.29 is 8.42 Å². The van der Waals surface area contributed by atoms with Crippen molar-refractivity contribution in [2.75, 3.05) is 6.54 Å². The van der Waals surface area contributed by atoms with Crippen LogP contribution in [0.3, 0.4) is 0 Å². The van der Waals surface area contributed by atoms with Crippen molar-refractivity contribution in [3.63, 3.8) is 0 Å². The van der Waals surface area contributed by atoms with Gasteiger partial charge in [0.15, 0.2) is 0 Å². The van der Waals surface area contributed by atoms with Crippen LogP contribution in [0.25, 0.3) is 0 Å². The van der Waals surface area contributed by atoms with Crippen LogP contribution >= 0.6 is 11.8 Å². The van der Waals surface area contributed by atoms with Crippen molar-refractivity contribution in [2.24, 2.45) is 0 Å². The SMILES string of the molecule is Cc1ccc(S(=O)(=O)NC[C@H](Sc2ccccc2)c2ccccc2)cc1. The van der Waals surface area contributed by atoms with Gasteiger partial charge in [-0.25, -0.2) is 13.1 Å². The molecule has 5 heteroatoms. The monoisotopic (exact) mass is 383 g/mol. The van der Waals surface area contributed by atoms with E-state index in [1.165, 1.54) is 0 Å². The van der Waals surface area contributed by atoms with Gasteiger partial charge in [-0.15, -0.1) is 11.8 Å². The van der Waals surface area contributed by atoms with E-state index in [1.807, 2.05) is 79.7 Å². The highest BCUT2D eigenvalue weighted by Crippen LogP contribution is 2.34. The average molecular weight is 384 g/mol. The number of rotatable bonds is 7. The highest BCUT2D eigenvalue weighted by Gasteiger charge is 2.19. The number of hydrogen-bond acceptors (Lipinski definition) is 3. The molecular formula is C21H21NO2S2. The maximum atomic E-state index is 12.6. The normalized spacial score (nSPS) is 12.7. The summed E-state index contributed by atoms with van der Waals surface area (Å²) in [4.78, 5) is 1.40. The Morgan fingerprint density at radius 3 is 2.04 bits per heavy atom. The molecule has 0 saturated carbocycles. The molecule has 0 aliphatic carbocycles. The highest BCUT2D eigenvalue weighted by atomic mass is 32.2. The van der Waals surface area contributed by atoms with Crippen molar-refractivity contribution in [1.82, 2.24) is 4.72 Å². The van der Waals surface area contributed by atoms with Crippen LogP contribution in [-0.2, 0) is 10.0 Å². The van der Waals surface area contributed by atoms with Crippen LogP contribution in [0.15, 0.2) is 94.7 Å². The van der Waals surface area contributed by atoms with Crippen LogP contribution in [0.5, 0.6) is 0 Å². The van der Waals surface area contributed by atoms with Crippen molar-refractivity contribution in [2.45, 2.75) is 22.0 Å². The molecule has 0 radical (unpaired) electrons. The Morgan fingerprint density at radius 1 is 0.846 bits per heavy atom. The molecule has 1 N–H and O–H groups in total. The van der Waals surface area contributed by atoms with E-state index in [4.69, 9.17) is 0 Å². The first kappa shape index (κ1) is 18.7. The first-order valence-corrected chi connectivity index (χ1v) is 10.7. The topological polar surface area (TPSA) is 46.2 Å². The Labute approximate surface area is 159 Å². The summed E-state index contributed by atoms with van der Waals surface area (Å²) >= 11 is 1.65. The van der Waals surface area contributed by atoms with Gasteiger partial charge in [0.05, 0.1) is 4.90 Å². The average Bonchev–Trinajstić information content (AvgIpc) is 2.67. The zero-order valence-electron chi connectivity index (χ0n) is 14.5. The lowest BCUT2D eigenvalue weighted by Crippen LogP contribution is -2.27. The molecule has 1 atom stereocenters. The Balaban J connectivity index is 1.78. The molecule has 0 fully saturated rings. The third-order valence-corrected chi connectivity index (χ3v) is 6.69. The number of benzene rings is 3. The van der Waals surface area contributed by atoms with Crippen molar-refractivity contribution in [1.29, 1.82) is 0 Å². The van der Waals surface area contributed by atoms with Crippen LogP contribution in [0.4, 0.5) is 0 Å². The van der Waals surface area contributed by atoms with Gasteiger partial charge in [-0.1, -0.05) is 66.2 Å². The summed E-state index contributed by atoms with van der Waals surface area (Å²) in [6.07, 6.45) is 0. The summed E-state index contributed by atoms with van der Waals surface area (Å²) in [5.41, 5.74) is 2.12. The van der Waals surface area contributed by atoms with Crippen molar-refractivity contribution in [3.05, 3.63) is 96.1 Å². The zero-order valence-corrected chi connectivity index (χ0v) is 16.1. The molecule has 0 aliphatic heterocycles. The molecule has 0 bridgehead atoms. The first-order valence-electron chi connectivity index (χ1n) is 8.37. The fourth-order valence-electron chi connectivity index (χ4n) is 2.54. The van der Waals surface area contributed by atoms with E-state index in [0.717, 1.165) is 16.0 Å². The molecule has 134 valence electrons. The van der Waals surface area contributed by atoms with Gasteiger partial charge in [0.2, 0.25) is 10.0 Å². The highest BCUT2D eigenvalue weighted by molar-refractivity contribution is 7.99. The Hall–Kier alpha value is -2.08. The summed E-state index contributed by atoms with van der Waals surface area (Å²) in [5, 5.41) is -0.0150. The molecule has 3 rings (SSSR count). The van der Waals surface area contributed by atoms with Crippen LogP contribution in [-0.4, -0.2) is 15.0 Å². The molecule has 0 saturated heterocycles.